The van der Waals surface area contributed by atoms with Crippen LogP contribution in [0, 0.1) is 20.8 Å². The second kappa shape index (κ2) is 7.56. The molecule has 1 aromatic carbocycles. The summed E-state index contributed by atoms with van der Waals surface area (Å²) in [5.41, 5.74) is 2.97. The zero-order valence-electron chi connectivity index (χ0n) is 15.1. The van der Waals surface area contributed by atoms with Crippen LogP contribution in [0.2, 0.25) is 0 Å². The second-order valence-corrected chi connectivity index (χ2v) is 6.14. The van der Waals surface area contributed by atoms with E-state index in [1.54, 1.807) is 40.7 Å². The van der Waals surface area contributed by atoms with Gasteiger partial charge in [-0.25, -0.2) is 4.68 Å². The number of carbonyl (C=O) groups is 1. The van der Waals surface area contributed by atoms with Crippen LogP contribution < -0.4 is 10.1 Å². The molecule has 0 unspecified atom stereocenters. The van der Waals surface area contributed by atoms with E-state index in [-0.39, 0.29) is 17.1 Å². The number of benzene rings is 1. The minimum absolute atomic E-state index is 0.106. The molecule has 3 aromatic rings. The number of hydrogen-bond acceptors (Lipinski definition) is 4. The Morgan fingerprint density at radius 1 is 1.19 bits per heavy atom. The van der Waals surface area contributed by atoms with Crippen LogP contribution in [0.25, 0.3) is 0 Å². The molecular weight excluding hydrogens is 356 g/mol. The summed E-state index contributed by atoms with van der Waals surface area (Å²) in [7, 11) is 0. The Labute approximate surface area is 154 Å². The zero-order chi connectivity index (χ0) is 19.6. The standard InChI is InChI=1S/C18H19F2N5O2/c1-11-4-5-16(27-18(19)20)15(8-11)21-17(26)14-6-7-24(23-14)10-25-13(3)9-12(2)22-25/h4-9,18H,10H2,1-3H3,(H,21,26). The molecule has 0 radical (unpaired) electrons. The van der Waals surface area contributed by atoms with Crippen LogP contribution >= 0.6 is 0 Å². The molecule has 9 heteroatoms. The van der Waals surface area contributed by atoms with Gasteiger partial charge in [0.25, 0.3) is 5.91 Å². The Morgan fingerprint density at radius 3 is 2.63 bits per heavy atom. The van der Waals surface area contributed by atoms with E-state index in [0.29, 0.717) is 6.67 Å². The van der Waals surface area contributed by atoms with Gasteiger partial charge in [0, 0.05) is 11.9 Å². The highest BCUT2D eigenvalue weighted by Crippen LogP contribution is 2.27. The van der Waals surface area contributed by atoms with E-state index in [0.717, 1.165) is 17.0 Å². The van der Waals surface area contributed by atoms with Crippen molar-refractivity contribution in [1.29, 1.82) is 0 Å². The van der Waals surface area contributed by atoms with Gasteiger partial charge in [0.15, 0.2) is 5.69 Å². The van der Waals surface area contributed by atoms with Gasteiger partial charge in [0.1, 0.15) is 12.4 Å². The quantitative estimate of drug-likeness (QED) is 0.717. The summed E-state index contributed by atoms with van der Waals surface area (Å²) in [6, 6.07) is 8.06. The van der Waals surface area contributed by atoms with E-state index in [9.17, 15) is 13.6 Å². The van der Waals surface area contributed by atoms with Gasteiger partial charge in [-0.1, -0.05) is 6.07 Å². The van der Waals surface area contributed by atoms with E-state index in [1.165, 1.54) is 6.07 Å². The van der Waals surface area contributed by atoms with E-state index in [2.05, 4.69) is 20.3 Å². The summed E-state index contributed by atoms with van der Waals surface area (Å²) in [6.45, 7) is 2.98. The van der Waals surface area contributed by atoms with Crippen molar-refractivity contribution in [3.8, 4) is 5.75 Å². The summed E-state index contributed by atoms with van der Waals surface area (Å²) in [4.78, 5) is 12.4. The summed E-state index contributed by atoms with van der Waals surface area (Å²) in [5.74, 6) is -0.627. The molecule has 27 heavy (non-hydrogen) atoms. The summed E-state index contributed by atoms with van der Waals surface area (Å²) < 4.78 is 32.9. The Morgan fingerprint density at radius 2 is 1.96 bits per heavy atom. The molecule has 142 valence electrons. The molecule has 2 aromatic heterocycles. The van der Waals surface area contributed by atoms with Gasteiger partial charge in [0.05, 0.1) is 11.4 Å². The van der Waals surface area contributed by atoms with Crippen molar-refractivity contribution < 1.29 is 18.3 Å². The first kappa shape index (κ1) is 18.6. The average molecular weight is 375 g/mol. The number of halogens is 2. The van der Waals surface area contributed by atoms with E-state index < -0.39 is 12.5 Å². The van der Waals surface area contributed by atoms with Gasteiger partial charge >= 0.3 is 6.61 Å². The number of aryl methyl sites for hydroxylation is 3. The predicted octanol–water partition coefficient (Wildman–Crippen LogP) is 3.36. The van der Waals surface area contributed by atoms with Gasteiger partial charge in [-0.3, -0.25) is 9.48 Å². The molecule has 2 heterocycles. The number of anilines is 1. The highest BCUT2D eigenvalue weighted by molar-refractivity contribution is 6.03. The average Bonchev–Trinajstić information content (AvgIpc) is 3.17. The number of carbonyl (C=O) groups excluding carboxylic acids is 1. The van der Waals surface area contributed by atoms with Crippen LogP contribution in [0.1, 0.15) is 27.4 Å². The van der Waals surface area contributed by atoms with Crippen LogP contribution in [0.3, 0.4) is 0 Å². The maximum Gasteiger partial charge on any atom is 0.387 e. The monoisotopic (exact) mass is 375 g/mol. The number of amides is 1. The van der Waals surface area contributed by atoms with E-state index in [4.69, 9.17) is 0 Å². The lowest BCUT2D eigenvalue weighted by Crippen LogP contribution is -2.16. The van der Waals surface area contributed by atoms with Crippen molar-refractivity contribution in [2.45, 2.75) is 34.1 Å². The number of rotatable bonds is 6. The molecule has 0 saturated carbocycles. The van der Waals surface area contributed by atoms with Gasteiger partial charge in [-0.15, -0.1) is 0 Å². The Hall–Kier alpha value is -3.23. The van der Waals surface area contributed by atoms with Crippen molar-refractivity contribution in [3.05, 3.63) is 59.2 Å². The molecular formula is C18H19F2N5O2. The second-order valence-electron chi connectivity index (χ2n) is 6.14. The molecule has 0 spiro atoms. The van der Waals surface area contributed by atoms with Crippen molar-refractivity contribution >= 4 is 11.6 Å². The van der Waals surface area contributed by atoms with Gasteiger partial charge in [0.2, 0.25) is 0 Å². The maximum atomic E-state index is 12.5. The normalized spacial score (nSPS) is 11.0. The van der Waals surface area contributed by atoms with Crippen molar-refractivity contribution in [3.63, 3.8) is 0 Å². The van der Waals surface area contributed by atoms with Crippen LogP contribution in [-0.4, -0.2) is 32.1 Å². The first-order valence-electron chi connectivity index (χ1n) is 8.23. The van der Waals surface area contributed by atoms with Gasteiger partial charge in [-0.05, 0) is 50.6 Å². The third kappa shape index (κ3) is 4.49. The molecule has 3 rings (SSSR count). The fraction of sp³-hybridized carbons (Fsp3) is 0.278. The van der Waals surface area contributed by atoms with Crippen molar-refractivity contribution in [1.82, 2.24) is 19.6 Å². The third-order valence-corrected chi connectivity index (χ3v) is 3.85. The lowest BCUT2D eigenvalue weighted by atomic mass is 10.2. The highest BCUT2D eigenvalue weighted by Gasteiger charge is 2.15. The molecule has 0 aliphatic rings. The molecule has 1 N–H and O–H groups in total. The molecule has 0 aliphatic carbocycles. The Balaban J connectivity index is 1.75. The predicted molar refractivity (Wildman–Crippen MR) is 95.1 cm³/mol. The van der Waals surface area contributed by atoms with Gasteiger partial charge < -0.3 is 10.1 Å². The molecule has 0 bridgehead atoms. The third-order valence-electron chi connectivity index (χ3n) is 3.85. The van der Waals surface area contributed by atoms with Gasteiger partial charge in [-0.2, -0.15) is 19.0 Å². The van der Waals surface area contributed by atoms with Crippen LogP contribution in [-0.2, 0) is 6.67 Å². The fourth-order valence-corrected chi connectivity index (χ4v) is 2.64. The smallest absolute Gasteiger partial charge is 0.387 e. The van der Waals surface area contributed by atoms with Crippen LogP contribution in [0.4, 0.5) is 14.5 Å². The molecule has 7 nitrogen and oxygen atoms in total. The topological polar surface area (TPSA) is 74.0 Å². The lowest BCUT2D eigenvalue weighted by Gasteiger charge is -2.12. The summed E-state index contributed by atoms with van der Waals surface area (Å²) in [5, 5.41) is 11.1. The van der Waals surface area contributed by atoms with Crippen molar-refractivity contribution in [2.75, 3.05) is 5.32 Å². The minimum atomic E-state index is -2.98. The Bertz CT molecular complexity index is 965. The summed E-state index contributed by atoms with van der Waals surface area (Å²) in [6.07, 6.45) is 1.65. The molecule has 1 amide bonds. The molecule has 0 saturated heterocycles. The number of nitrogens with zero attached hydrogens (tertiary/aromatic N) is 4. The number of nitrogens with one attached hydrogen (secondary N) is 1. The zero-order valence-corrected chi connectivity index (χ0v) is 15.1. The van der Waals surface area contributed by atoms with Crippen LogP contribution in [0.5, 0.6) is 5.75 Å². The van der Waals surface area contributed by atoms with Crippen LogP contribution in [0.15, 0.2) is 36.5 Å². The van der Waals surface area contributed by atoms with E-state index in [1.807, 2.05) is 19.9 Å². The number of aromatic nitrogens is 4. The molecule has 0 fully saturated rings. The summed E-state index contributed by atoms with van der Waals surface area (Å²) >= 11 is 0. The fourth-order valence-electron chi connectivity index (χ4n) is 2.64. The maximum absolute atomic E-state index is 12.5. The number of ether oxygens (including phenoxy) is 1. The minimum Gasteiger partial charge on any atom is -0.433 e. The lowest BCUT2D eigenvalue weighted by molar-refractivity contribution is -0.0493. The molecule has 0 atom stereocenters. The SMILES string of the molecule is Cc1ccc(OC(F)F)c(NC(=O)c2ccn(Cn3nc(C)cc3C)n2)c1. The Kier molecular flexibility index (Phi) is 5.20. The molecule has 0 aliphatic heterocycles. The first-order valence-corrected chi connectivity index (χ1v) is 8.23. The first-order chi connectivity index (χ1) is 12.8. The number of alkyl halides is 2. The number of hydrogen-bond donors (Lipinski definition) is 1. The van der Waals surface area contributed by atoms with E-state index >= 15 is 0 Å². The van der Waals surface area contributed by atoms with Crippen molar-refractivity contribution in [2.24, 2.45) is 0 Å². The highest BCUT2D eigenvalue weighted by atomic mass is 19.3. The largest absolute Gasteiger partial charge is 0.433 e.